The molecule has 0 bridgehead atoms. The van der Waals surface area contributed by atoms with Gasteiger partial charge in [-0.15, -0.1) is 0 Å². The highest BCUT2D eigenvalue weighted by molar-refractivity contribution is 5.94. The molecule has 1 amide bonds. The van der Waals surface area contributed by atoms with Crippen LogP contribution in [0.4, 0.5) is 5.69 Å². The first-order chi connectivity index (χ1) is 12.1. The van der Waals surface area contributed by atoms with Crippen LogP contribution in [0.2, 0.25) is 0 Å². The molecule has 1 heterocycles. The molecule has 4 nitrogen and oxygen atoms in total. The van der Waals surface area contributed by atoms with Crippen molar-refractivity contribution in [1.82, 2.24) is 5.32 Å². The Hall–Kier alpha value is -2.85. The van der Waals surface area contributed by atoms with E-state index >= 15 is 0 Å². The van der Waals surface area contributed by atoms with E-state index in [0.29, 0.717) is 0 Å². The maximum Gasteiger partial charge on any atom is 0.241 e. The van der Waals surface area contributed by atoms with Gasteiger partial charge in [-0.25, -0.2) is 0 Å². The lowest BCUT2D eigenvalue weighted by Gasteiger charge is -2.22. The number of nitrogens with one attached hydrogen (secondary N) is 2. The fourth-order valence-corrected chi connectivity index (χ4v) is 2.74. The molecule has 2 atom stereocenters. The lowest BCUT2D eigenvalue weighted by molar-refractivity contribution is -0.117. The van der Waals surface area contributed by atoms with Crippen molar-refractivity contribution in [2.45, 2.75) is 25.9 Å². The first-order valence-corrected chi connectivity index (χ1v) is 8.35. The molecule has 0 radical (unpaired) electrons. The van der Waals surface area contributed by atoms with Gasteiger partial charge in [-0.2, -0.15) is 0 Å². The van der Waals surface area contributed by atoms with Crippen molar-refractivity contribution >= 4 is 11.6 Å². The zero-order valence-electron chi connectivity index (χ0n) is 14.4. The number of rotatable bonds is 6. The largest absolute Gasteiger partial charge is 0.467 e. The number of hydrogen-bond acceptors (Lipinski definition) is 3. The number of hydrogen-bond donors (Lipinski definition) is 2. The number of amides is 1. The molecule has 3 aromatic rings. The summed E-state index contributed by atoms with van der Waals surface area (Å²) in [5, 5.41) is 6.32. The van der Waals surface area contributed by atoms with E-state index in [9.17, 15) is 4.79 Å². The van der Waals surface area contributed by atoms with Gasteiger partial charge in [0.25, 0.3) is 0 Å². The third-order valence-electron chi connectivity index (χ3n) is 4.06. The van der Waals surface area contributed by atoms with E-state index in [4.69, 9.17) is 4.42 Å². The van der Waals surface area contributed by atoms with E-state index in [1.807, 2.05) is 80.6 Å². The molecule has 4 heteroatoms. The van der Waals surface area contributed by atoms with Gasteiger partial charge >= 0.3 is 0 Å². The SMILES string of the molecule is Cc1cccc(NC(=O)[C@@H](C)N[C@H](c2ccccc2)c2ccco2)c1. The minimum atomic E-state index is -0.393. The fraction of sp³-hybridized carbons (Fsp3) is 0.190. The van der Waals surface area contributed by atoms with Crippen molar-refractivity contribution in [2.75, 3.05) is 5.32 Å². The van der Waals surface area contributed by atoms with Crippen LogP contribution >= 0.6 is 0 Å². The van der Waals surface area contributed by atoms with E-state index in [1.54, 1.807) is 6.26 Å². The summed E-state index contributed by atoms with van der Waals surface area (Å²) in [4.78, 5) is 12.6. The Kier molecular flexibility index (Phi) is 5.31. The van der Waals surface area contributed by atoms with Crippen LogP contribution < -0.4 is 10.6 Å². The van der Waals surface area contributed by atoms with Crippen molar-refractivity contribution < 1.29 is 9.21 Å². The summed E-state index contributed by atoms with van der Waals surface area (Å²) >= 11 is 0. The second-order valence-corrected chi connectivity index (χ2v) is 6.11. The molecule has 0 aliphatic heterocycles. The average Bonchev–Trinajstić information content (AvgIpc) is 3.14. The average molecular weight is 334 g/mol. The number of furan rings is 1. The predicted octanol–water partition coefficient (Wildman–Crippen LogP) is 4.29. The van der Waals surface area contributed by atoms with Crippen LogP contribution in [0.25, 0.3) is 0 Å². The van der Waals surface area contributed by atoms with Gasteiger partial charge in [0.15, 0.2) is 0 Å². The standard InChI is InChI=1S/C21H22N2O2/c1-15-8-6-11-18(14-15)23-21(24)16(2)22-20(19-12-7-13-25-19)17-9-4-3-5-10-17/h3-14,16,20,22H,1-2H3,(H,23,24)/t16-,20-/m1/s1. The normalized spacial score (nSPS) is 13.2. The van der Waals surface area contributed by atoms with E-state index in [0.717, 1.165) is 22.6 Å². The quantitative estimate of drug-likeness (QED) is 0.707. The van der Waals surface area contributed by atoms with Gasteiger partial charge < -0.3 is 9.73 Å². The molecule has 25 heavy (non-hydrogen) atoms. The van der Waals surface area contributed by atoms with Crippen LogP contribution in [0.15, 0.2) is 77.4 Å². The molecule has 0 fully saturated rings. The van der Waals surface area contributed by atoms with Crippen molar-refractivity contribution in [1.29, 1.82) is 0 Å². The maximum absolute atomic E-state index is 12.6. The number of aryl methyl sites for hydroxylation is 1. The van der Waals surface area contributed by atoms with Crippen LogP contribution in [-0.4, -0.2) is 11.9 Å². The highest BCUT2D eigenvalue weighted by Crippen LogP contribution is 2.23. The van der Waals surface area contributed by atoms with E-state index < -0.39 is 6.04 Å². The van der Waals surface area contributed by atoms with Gasteiger partial charge in [0.2, 0.25) is 5.91 Å². The molecule has 0 saturated heterocycles. The summed E-state index contributed by atoms with van der Waals surface area (Å²) in [6, 6.07) is 20.9. The summed E-state index contributed by atoms with van der Waals surface area (Å²) in [5.74, 6) is 0.694. The molecule has 128 valence electrons. The molecule has 0 unspecified atom stereocenters. The second-order valence-electron chi connectivity index (χ2n) is 6.11. The lowest BCUT2D eigenvalue weighted by Crippen LogP contribution is -2.40. The summed E-state index contributed by atoms with van der Waals surface area (Å²) in [5.41, 5.74) is 2.96. The van der Waals surface area contributed by atoms with E-state index in [-0.39, 0.29) is 11.9 Å². The van der Waals surface area contributed by atoms with Gasteiger partial charge in [0.1, 0.15) is 5.76 Å². The van der Waals surface area contributed by atoms with Gasteiger partial charge in [-0.3, -0.25) is 10.1 Å². The van der Waals surface area contributed by atoms with Gasteiger partial charge in [-0.05, 0) is 49.2 Å². The molecule has 2 aromatic carbocycles. The molecule has 0 aliphatic carbocycles. The minimum absolute atomic E-state index is 0.0851. The Morgan fingerprint density at radius 3 is 2.48 bits per heavy atom. The Balaban J connectivity index is 1.74. The van der Waals surface area contributed by atoms with Crippen LogP contribution in [0.3, 0.4) is 0 Å². The smallest absolute Gasteiger partial charge is 0.241 e. The summed E-state index contributed by atoms with van der Waals surface area (Å²) in [6.07, 6.45) is 1.64. The molecule has 2 N–H and O–H groups in total. The van der Waals surface area contributed by atoms with Gasteiger partial charge in [0, 0.05) is 5.69 Å². The Morgan fingerprint density at radius 2 is 1.80 bits per heavy atom. The van der Waals surface area contributed by atoms with Crippen molar-refractivity contribution in [3.05, 3.63) is 89.9 Å². The topological polar surface area (TPSA) is 54.3 Å². The van der Waals surface area contributed by atoms with Crippen LogP contribution in [0.5, 0.6) is 0 Å². The monoisotopic (exact) mass is 334 g/mol. The molecule has 3 rings (SSSR count). The Morgan fingerprint density at radius 1 is 1.00 bits per heavy atom. The Labute approximate surface area is 147 Å². The molecular formula is C21H22N2O2. The molecule has 0 saturated carbocycles. The van der Waals surface area contributed by atoms with Crippen LogP contribution in [-0.2, 0) is 4.79 Å². The first kappa shape index (κ1) is 17.0. The predicted molar refractivity (Wildman–Crippen MR) is 99.4 cm³/mol. The van der Waals surface area contributed by atoms with Crippen molar-refractivity contribution in [3.63, 3.8) is 0 Å². The summed E-state index contributed by atoms with van der Waals surface area (Å²) in [6.45, 7) is 3.85. The molecule has 0 aliphatic rings. The number of carbonyl (C=O) groups is 1. The molecule has 0 spiro atoms. The highest BCUT2D eigenvalue weighted by atomic mass is 16.3. The first-order valence-electron chi connectivity index (χ1n) is 8.35. The number of anilines is 1. The van der Waals surface area contributed by atoms with E-state index in [2.05, 4.69) is 10.6 Å². The minimum Gasteiger partial charge on any atom is -0.467 e. The van der Waals surface area contributed by atoms with Crippen LogP contribution in [0, 0.1) is 6.92 Å². The highest BCUT2D eigenvalue weighted by Gasteiger charge is 2.22. The zero-order chi connectivity index (χ0) is 17.6. The number of benzene rings is 2. The summed E-state index contributed by atoms with van der Waals surface area (Å²) in [7, 11) is 0. The maximum atomic E-state index is 12.6. The van der Waals surface area contributed by atoms with Crippen LogP contribution in [0.1, 0.15) is 29.9 Å². The number of carbonyl (C=O) groups excluding carboxylic acids is 1. The second kappa shape index (κ2) is 7.81. The Bertz CT molecular complexity index is 813. The summed E-state index contributed by atoms with van der Waals surface area (Å²) < 4.78 is 5.57. The van der Waals surface area contributed by atoms with Crippen molar-refractivity contribution in [3.8, 4) is 0 Å². The van der Waals surface area contributed by atoms with Crippen molar-refractivity contribution in [2.24, 2.45) is 0 Å². The van der Waals surface area contributed by atoms with E-state index in [1.165, 1.54) is 0 Å². The van der Waals surface area contributed by atoms with Gasteiger partial charge in [0.05, 0.1) is 18.3 Å². The zero-order valence-corrected chi connectivity index (χ0v) is 14.4. The van der Waals surface area contributed by atoms with Gasteiger partial charge in [-0.1, -0.05) is 42.5 Å². The molecular weight excluding hydrogens is 312 g/mol. The fourth-order valence-electron chi connectivity index (χ4n) is 2.74. The third kappa shape index (κ3) is 4.37. The third-order valence-corrected chi connectivity index (χ3v) is 4.06. The molecule has 1 aromatic heterocycles. The lowest BCUT2D eigenvalue weighted by atomic mass is 10.0.